The van der Waals surface area contributed by atoms with Gasteiger partial charge in [0.15, 0.2) is 5.78 Å². The van der Waals surface area contributed by atoms with Gasteiger partial charge in [-0.1, -0.05) is 30.3 Å². The van der Waals surface area contributed by atoms with Crippen LogP contribution in [0.25, 0.3) is 10.1 Å². The SMILES string of the molecule is O=C(Cc1ccccc1F)c1cccc2ccsc12. The number of halogens is 1. The van der Waals surface area contributed by atoms with Crippen molar-refractivity contribution in [2.75, 3.05) is 0 Å². The van der Waals surface area contributed by atoms with Crippen LogP contribution in [0.2, 0.25) is 0 Å². The van der Waals surface area contributed by atoms with Crippen LogP contribution in [0.15, 0.2) is 53.9 Å². The zero-order valence-electron chi connectivity index (χ0n) is 10.1. The molecule has 3 heteroatoms. The minimum absolute atomic E-state index is 0.0434. The highest BCUT2D eigenvalue weighted by atomic mass is 32.1. The topological polar surface area (TPSA) is 17.1 Å². The van der Waals surface area contributed by atoms with E-state index in [1.165, 1.54) is 6.07 Å². The van der Waals surface area contributed by atoms with Crippen molar-refractivity contribution in [2.45, 2.75) is 6.42 Å². The lowest BCUT2D eigenvalue weighted by atomic mass is 10.0. The van der Waals surface area contributed by atoms with Crippen molar-refractivity contribution in [1.82, 2.24) is 0 Å². The molecule has 0 aliphatic heterocycles. The van der Waals surface area contributed by atoms with Gasteiger partial charge in [-0.05, 0) is 34.5 Å². The summed E-state index contributed by atoms with van der Waals surface area (Å²) in [4.78, 5) is 12.3. The summed E-state index contributed by atoms with van der Waals surface area (Å²) >= 11 is 1.54. The number of hydrogen-bond acceptors (Lipinski definition) is 2. The maximum atomic E-state index is 13.6. The molecule has 3 aromatic rings. The van der Waals surface area contributed by atoms with E-state index < -0.39 is 0 Å². The van der Waals surface area contributed by atoms with Crippen molar-refractivity contribution in [3.8, 4) is 0 Å². The van der Waals surface area contributed by atoms with Gasteiger partial charge >= 0.3 is 0 Å². The van der Waals surface area contributed by atoms with E-state index in [0.717, 1.165) is 10.1 Å². The number of fused-ring (bicyclic) bond motifs is 1. The summed E-state index contributed by atoms with van der Waals surface area (Å²) in [6.45, 7) is 0. The summed E-state index contributed by atoms with van der Waals surface area (Å²) in [5.74, 6) is -0.368. The van der Waals surface area contributed by atoms with Crippen LogP contribution >= 0.6 is 11.3 Å². The zero-order chi connectivity index (χ0) is 13.2. The highest BCUT2D eigenvalue weighted by molar-refractivity contribution is 7.17. The van der Waals surface area contributed by atoms with E-state index in [4.69, 9.17) is 0 Å². The third-order valence-corrected chi connectivity index (χ3v) is 4.05. The van der Waals surface area contributed by atoms with Crippen molar-refractivity contribution >= 4 is 27.2 Å². The maximum absolute atomic E-state index is 13.6. The Bertz CT molecular complexity index is 745. The molecule has 0 fully saturated rings. The van der Waals surface area contributed by atoms with Crippen molar-refractivity contribution in [3.05, 3.63) is 70.9 Å². The number of rotatable bonds is 3. The van der Waals surface area contributed by atoms with Crippen molar-refractivity contribution in [3.63, 3.8) is 0 Å². The van der Waals surface area contributed by atoms with E-state index in [0.29, 0.717) is 11.1 Å². The second kappa shape index (κ2) is 4.94. The first-order valence-electron chi connectivity index (χ1n) is 5.98. The molecular weight excluding hydrogens is 259 g/mol. The Balaban J connectivity index is 1.97. The van der Waals surface area contributed by atoms with E-state index in [1.807, 2.05) is 29.6 Å². The van der Waals surface area contributed by atoms with E-state index in [1.54, 1.807) is 29.5 Å². The smallest absolute Gasteiger partial charge is 0.168 e. The minimum Gasteiger partial charge on any atom is -0.294 e. The third-order valence-electron chi connectivity index (χ3n) is 3.09. The molecule has 1 aromatic heterocycles. The molecule has 2 aromatic carbocycles. The summed E-state index contributed by atoms with van der Waals surface area (Å²) < 4.78 is 14.5. The van der Waals surface area contributed by atoms with Gasteiger partial charge < -0.3 is 0 Å². The van der Waals surface area contributed by atoms with E-state index in [2.05, 4.69) is 0 Å². The highest BCUT2D eigenvalue weighted by Gasteiger charge is 2.13. The number of carbonyl (C=O) groups excluding carboxylic acids is 1. The Morgan fingerprint density at radius 3 is 2.74 bits per heavy atom. The zero-order valence-corrected chi connectivity index (χ0v) is 10.9. The molecule has 0 unspecified atom stereocenters. The van der Waals surface area contributed by atoms with Crippen LogP contribution in [-0.4, -0.2) is 5.78 Å². The Hall–Kier alpha value is -2.00. The van der Waals surface area contributed by atoms with Gasteiger partial charge in [0.1, 0.15) is 5.82 Å². The first-order chi connectivity index (χ1) is 9.25. The average Bonchev–Trinajstić information content (AvgIpc) is 2.89. The molecule has 3 rings (SSSR count). The van der Waals surface area contributed by atoms with Crippen LogP contribution in [0.1, 0.15) is 15.9 Å². The first kappa shape index (κ1) is 12.1. The molecule has 0 amide bonds. The molecule has 19 heavy (non-hydrogen) atoms. The molecule has 0 bridgehead atoms. The Labute approximate surface area is 114 Å². The fraction of sp³-hybridized carbons (Fsp3) is 0.0625. The average molecular weight is 270 g/mol. The van der Waals surface area contributed by atoms with E-state index in [-0.39, 0.29) is 18.0 Å². The van der Waals surface area contributed by atoms with Gasteiger partial charge in [0.25, 0.3) is 0 Å². The highest BCUT2D eigenvalue weighted by Crippen LogP contribution is 2.26. The number of Topliss-reactive ketones (excluding diaryl/α,β-unsaturated/α-hetero) is 1. The lowest BCUT2D eigenvalue weighted by molar-refractivity contribution is 0.0993. The van der Waals surface area contributed by atoms with Gasteiger partial charge in [-0.25, -0.2) is 4.39 Å². The van der Waals surface area contributed by atoms with Crippen LogP contribution in [0.3, 0.4) is 0 Å². The normalized spacial score (nSPS) is 10.8. The molecule has 0 spiro atoms. The Kier molecular flexibility index (Phi) is 3.13. The lowest BCUT2D eigenvalue weighted by Gasteiger charge is -2.04. The Morgan fingerprint density at radius 1 is 1.05 bits per heavy atom. The molecular formula is C16H11FOS. The molecule has 0 saturated carbocycles. The first-order valence-corrected chi connectivity index (χ1v) is 6.86. The molecule has 0 aliphatic rings. The molecule has 1 heterocycles. The summed E-state index contributed by atoms with van der Waals surface area (Å²) in [6, 6.07) is 14.0. The molecule has 0 N–H and O–H groups in total. The summed E-state index contributed by atoms with van der Waals surface area (Å²) in [5.41, 5.74) is 1.12. The van der Waals surface area contributed by atoms with Gasteiger partial charge in [-0.2, -0.15) is 0 Å². The Morgan fingerprint density at radius 2 is 1.89 bits per heavy atom. The number of thiophene rings is 1. The molecule has 0 aliphatic carbocycles. The monoisotopic (exact) mass is 270 g/mol. The maximum Gasteiger partial charge on any atom is 0.168 e. The van der Waals surface area contributed by atoms with Crippen LogP contribution in [0.4, 0.5) is 4.39 Å². The molecule has 0 atom stereocenters. The number of carbonyl (C=O) groups is 1. The minimum atomic E-state index is -0.325. The van der Waals surface area contributed by atoms with Crippen LogP contribution < -0.4 is 0 Å². The van der Waals surface area contributed by atoms with Crippen LogP contribution in [0.5, 0.6) is 0 Å². The number of ketones is 1. The van der Waals surface area contributed by atoms with Gasteiger partial charge in [-0.15, -0.1) is 11.3 Å². The second-order valence-corrected chi connectivity index (χ2v) is 5.25. The summed E-state index contributed by atoms with van der Waals surface area (Å²) in [7, 11) is 0. The number of hydrogen-bond donors (Lipinski definition) is 0. The summed E-state index contributed by atoms with van der Waals surface area (Å²) in [6.07, 6.45) is 0.101. The van der Waals surface area contributed by atoms with Crippen LogP contribution in [0, 0.1) is 5.82 Å². The van der Waals surface area contributed by atoms with E-state index in [9.17, 15) is 9.18 Å². The predicted octanol–water partition coefficient (Wildman–Crippen LogP) is 4.47. The number of benzene rings is 2. The standard InChI is InChI=1S/C16H11FOS/c17-14-7-2-1-4-12(14)10-15(18)13-6-3-5-11-8-9-19-16(11)13/h1-9H,10H2. The quantitative estimate of drug-likeness (QED) is 0.642. The molecule has 0 saturated heterocycles. The van der Waals surface area contributed by atoms with Crippen LogP contribution in [-0.2, 0) is 6.42 Å². The van der Waals surface area contributed by atoms with Gasteiger partial charge in [-0.3, -0.25) is 4.79 Å². The molecule has 1 nitrogen and oxygen atoms in total. The van der Waals surface area contributed by atoms with Crippen molar-refractivity contribution in [2.24, 2.45) is 0 Å². The second-order valence-electron chi connectivity index (χ2n) is 4.34. The molecule has 94 valence electrons. The third kappa shape index (κ3) is 2.29. The fourth-order valence-corrected chi connectivity index (χ4v) is 3.05. The summed E-state index contributed by atoms with van der Waals surface area (Å²) in [5, 5.41) is 3.02. The van der Waals surface area contributed by atoms with Gasteiger partial charge in [0.2, 0.25) is 0 Å². The van der Waals surface area contributed by atoms with Gasteiger partial charge in [0.05, 0.1) is 0 Å². The molecule has 0 radical (unpaired) electrons. The largest absolute Gasteiger partial charge is 0.294 e. The lowest BCUT2D eigenvalue weighted by Crippen LogP contribution is -2.05. The fourth-order valence-electron chi connectivity index (χ4n) is 2.12. The van der Waals surface area contributed by atoms with Gasteiger partial charge in [0, 0.05) is 16.7 Å². The van der Waals surface area contributed by atoms with Crippen molar-refractivity contribution in [1.29, 1.82) is 0 Å². The van der Waals surface area contributed by atoms with E-state index >= 15 is 0 Å². The predicted molar refractivity (Wildman–Crippen MR) is 76.3 cm³/mol. The van der Waals surface area contributed by atoms with Crippen molar-refractivity contribution < 1.29 is 9.18 Å².